The molecule has 0 bridgehead atoms. The van der Waals surface area contributed by atoms with Crippen LogP contribution in [0, 0.1) is 34.0 Å². The van der Waals surface area contributed by atoms with Crippen molar-refractivity contribution in [3.05, 3.63) is 50.8 Å². The molecule has 108 valence electrons. The van der Waals surface area contributed by atoms with Crippen molar-refractivity contribution >= 4 is 15.9 Å². The van der Waals surface area contributed by atoms with Crippen molar-refractivity contribution in [1.82, 2.24) is 0 Å². The Labute approximate surface area is 136 Å². The fourth-order valence-electron chi connectivity index (χ4n) is 2.35. The summed E-state index contributed by atoms with van der Waals surface area (Å²) in [5, 5.41) is 27.3. The van der Waals surface area contributed by atoms with Crippen molar-refractivity contribution in [1.29, 1.82) is 15.8 Å². The average Bonchev–Trinajstić information content (AvgIpc) is 2.48. The van der Waals surface area contributed by atoms with Gasteiger partial charge in [0.2, 0.25) is 5.88 Å². The van der Waals surface area contributed by atoms with Gasteiger partial charge >= 0.3 is 0 Å². The smallest absolute Gasteiger partial charge is 0.205 e. The van der Waals surface area contributed by atoms with Crippen LogP contribution in [0.2, 0.25) is 0 Å². The standard InChI is InChI=1S/C16H11BrN4O/c1-9(10(6-18)7-19)4-13-12-3-2-11(17)5-15(12)22-16(21)14(13)8-20/h2-3,5,13H,4,21H2,1H3. The summed E-state index contributed by atoms with van der Waals surface area (Å²) in [6.07, 6.45) is 0.359. The zero-order chi connectivity index (χ0) is 16.3. The minimum atomic E-state index is -0.335. The first-order chi connectivity index (χ1) is 10.5. The molecule has 1 aliphatic heterocycles. The number of rotatable bonds is 2. The molecular weight excluding hydrogens is 344 g/mol. The Morgan fingerprint density at radius 2 is 2.00 bits per heavy atom. The van der Waals surface area contributed by atoms with Gasteiger partial charge in [-0.05, 0) is 31.1 Å². The van der Waals surface area contributed by atoms with Gasteiger partial charge < -0.3 is 10.5 Å². The lowest BCUT2D eigenvalue weighted by molar-refractivity contribution is 0.387. The van der Waals surface area contributed by atoms with E-state index in [2.05, 4.69) is 22.0 Å². The number of nitrogens with zero attached hydrogens (tertiary/aromatic N) is 3. The third-order valence-electron chi connectivity index (χ3n) is 3.47. The van der Waals surface area contributed by atoms with E-state index in [0.717, 1.165) is 10.0 Å². The van der Waals surface area contributed by atoms with E-state index in [4.69, 9.17) is 21.0 Å². The van der Waals surface area contributed by atoms with Crippen LogP contribution in [0.4, 0.5) is 0 Å². The van der Waals surface area contributed by atoms with Gasteiger partial charge in [-0.3, -0.25) is 0 Å². The van der Waals surface area contributed by atoms with Crippen LogP contribution < -0.4 is 10.5 Å². The van der Waals surface area contributed by atoms with Gasteiger partial charge in [-0.2, -0.15) is 15.8 Å². The van der Waals surface area contributed by atoms with E-state index in [0.29, 0.717) is 23.3 Å². The van der Waals surface area contributed by atoms with E-state index in [1.165, 1.54) is 0 Å². The minimum absolute atomic E-state index is 0.0565. The number of fused-ring (bicyclic) bond motifs is 1. The summed E-state index contributed by atoms with van der Waals surface area (Å²) >= 11 is 3.36. The molecule has 6 heteroatoms. The van der Waals surface area contributed by atoms with Crippen molar-refractivity contribution < 1.29 is 4.74 Å². The van der Waals surface area contributed by atoms with Gasteiger partial charge in [-0.15, -0.1) is 0 Å². The predicted octanol–water partition coefficient (Wildman–Crippen LogP) is 3.37. The van der Waals surface area contributed by atoms with Crippen molar-refractivity contribution in [2.75, 3.05) is 0 Å². The second-order valence-electron chi connectivity index (χ2n) is 4.81. The third kappa shape index (κ3) is 2.81. The fourth-order valence-corrected chi connectivity index (χ4v) is 2.69. The molecule has 0 spiro atoms. The second-order valence-corrected chi connectivity index (χ2v) is 5.73. The highest BCUT2D eigenvalue weighted by Crippen LogP contribution is 2.42. The Kier molecular flexibility index (Phi) is 4.51. The lowest BCUT2D eigenvalue weighted by Gasteiger charge is -2.26. The predicted molar refractivity (Wildman–Crippen MR) is 82.9 cm³/mol. The maximum absolute atomic E-state index is 9.35. The van der Waals surface area contributed by atoms with Crippen LogP contribution in [0.15, 0.2) is 45.3 Å². The van der Waals surface area contributed by atoms with Crippen molar-refractivity contribution in [3.8, 4) is 24.0 Å². The SMILES string of the molecule is CC(CC1C(C#N)=C(N)Oc2cc(Br)ccc21)=C(C#N)C#N. The number of hydrogen-bond donors (Lipinski definition) is 1. The molecule has 2 N–H and O–H groups in total. The van der Waals surface area contributed by atoms with Crippen LogP contribution in [-0.2, 0) is 0 Å². The van der Waals surface area contributed by atoms with Crippen LogP contribution in [0.3, 0.4) is 0 Å². The van der Waals surface area contributed by atoms with Gasteiger partial charge in [0.25, 0.3) is 0 Å². The van der Waals surface area contributed by atoms with Crippen LogP contribution >= 0.6 is 15.9 Å². The molecule has 1 aromatic rings. The number of benzene rings is 1. The molecule has 1 heterocycles. The molecule has 1 atom stereocenters. The van der Waals surface area contributed by atoms with Gasteiger partial charge in [0.1, 0.15) is 29.5 Å². The van der Waals surface area contributed by atoms with Crippen LogP contribution in [0.5, 0.6) is 5.75 Å². The average molecular weight is 355 g/mol. The lowest BCUT2D eigenvalue weighted by atomic mass is 9.84. The Bertz CT molecular complexity index is 802. The van der Waals surface area contributed by atoms with Crippen molar-refractivity contribution in [2.45, 2.75) is 19.3 Å². The molecule has 5 nitrogen and oxygen atoms in total. The van der Waals surface area contributed by atoms with Crippen LogP contribution in [0.25, 0.3) is 0 Å². The van der Waals surface area contributed by atoms with Crippen LogP contribution in [0.1, 0.15) is 24.8 Å². The maximum atomic E-state index is 9.35. The molecule has 0 aromatic heterocycles. The third-order valence-corrected chi connectivity index (χ3v) is 3.96. The number of nitrogens with two attached hydrogens (primary N) is 1. The molecule has 0 aliphatic carbocycles. The van der Waals surface area contributed by atoms with E-state index in [1.807, 2.05) is 24.3 Å². The zero-order valence-corrected chi connectivity index (χ0v) is 13.3. The molecule has 1 unspecified atom stereocenters. The van der Waals surface area contributed by atoms with Gasteiger partial charge in [-0.1, -0.05) is 22.0 Å². The normalized spacial score (nSPS) is 15.7. The Morgan fingerprint density at radius 3 is 2.59 bits per heavy atom. The maximum Gasteiger partial charge on any atom is 0.205 e. The zero-order valence-electron chi connectivity index (χ0n) is 11.7. The summed E-state index contributed by atoms with van der Waals surface area (Å²) in [6.45, 7) is 1.71. The van der Waals surface area contributed by atoms with Crippen molar-refractivity contribution in [3.63, 3.8) is 0 Å². The van der Waals surface area contributed by atoms with Gasteiger partial charge in [0.15, 0.2) is 0 Å². The van der Waals surface area contributed by atoms with Gasteiger partial charge in [-0.25, -0.2) is 0 Å². The number of nitriles is 3. The molecule has 0 amide bonds. The Hall–Kier alpha value is -2.75. The summed E-state index contributed by atoms with van der Waals surface area (Å²) in [5.41, 5.74) is 7.63. The fraction of sp³-hybridized carbons (Fsp3) is 0.188. The van der Waals surface area contributed by atoms with Gasteiger partial charge in [0, 0.05) is 16.0 Å². The summed E-state index contributed by atoms with van der Waals surface area (Å²) in [6, 6.07) is 11.3. The molecule has 0 fully saturated rings. The monoisotopic (exact) mass is 354 g/mol. The molecule has 0 saturated carbocycles. The first kappa shape index (κ1) is 15.6. The highest BCUT2D eigenvalue weighted by molar-refractivity contribution is 9.10. The van der Waals surface area contributed by atoms with E-state index in [1.54, 1.807) is 13.0 Å². The first-order valence-electron chi connectivity index (χ1n) is 6.38. The minimum Gasteiger partial charge on any atom is -0.440 e. The number of halogens is 1. The highest BCUT2D eigenvalue weighted by Gasteiger charge is 2.29. The molecule has 0 radical (unpaired) electrons. The topological polar surface area (TPSA) is 107 Å². The first-order valence-corrected chi connectivity index (χ1v) is 7.18. The summed E-state index contributed by atoms with van der Waals surface area (Å²) < 4.78 is 6.33. The number of ether oxygens (including phenoxy) is 1. The van der Waals surface area contributed by atoms with Gasteiger partial charge in [0.05, 0.1) is 5.57 Å². The molecule has 1 aromatic carbocycles. The van der Waals surface area contributed by atoms with Crippen LogP contribution in [-0.4, -0.2) is 0 Å². The Balaban J connectivity index is 2.54. The number of allylic oxidation sites excluding steroid dienone is 3. The lowest BCUT2D eigenvalue weighted by Crippen LogP contribution is -2.20. The molecule has 22 heavy (non-hydrogen) atoms. The quantitative estimate of drug-likeness (QED) is 0.819. The molecular formula is C16H11BrN4O. The summed E-state index contributed by atoms with van der Waals surface area (Å²) in [7, 11) is 0. The largest absolute Gasteiger partial charge is 0.440 e. The summed E-state index contributed by atoms with van der Waals surface area (Å²) in [4.78, 5) is 0. The second kappa shape index (κ2) is 6.35. The number of hydrogen-bond acceptors (Lipinski definition) is 5. The van der Waals surface area contributed by atoms with E-state index >= 15 is 0 Å². The van der Waals surface area contributed by atoms with E-state index < -0.39 is 0 Å². The molecule has 1 aliphatic rings. The van der Waals surface area contributed by atoms with E-state index in [-0.39, 0.29) is 17.4 Å². The highest BCUT2D eigenvalue weighted by atomic mass is 79.9. The Morgan fingerprint density at radius 1 is 1.32 bits per heavy atom. The van der Waals surface area contributed by atoms with E-state index in [9.17, 15) is 5.26 Å². The van der Waals surface area contributed by atoms with Crippen molar-refractivity contribution in [2.24, 2.45) is 5.73 Å². The molecule has 2 rings (SSSR count). The molecule has 0 saturated heterocycles. The summed E-state index contributed by atoms with van der Waals surface area (Å²) in [5.74, 6) is 0.291.